The van der Waals surface area contributed by atoms with Gasteiger partial charge in [-0.15, -0.1) is 0 Å². The van der Waals surface area contributed by atoms with Crippen molar-refractivity contribution in [2.75, 3.05) is 31.7 Å². The standard InChI is InChI=1S/C24H31F2N3O5/c1-15-18(13-33-22-6-4-5-9-32-22)23(34-28-15)19-7-8-20(16(2)27-19)29-12-17(10-21(30)31-3)11-24(25,26)14-29/h7-8,17,22H,4-6,9-14H2,1-3H3/t17-,22?/m0/s1. The van der Waals surface area contributed by atoms with Crippen LogP contribution in [0.15, 0.2) is 16.7 Å². The largest absolute Gasteiger partial charge is 0.469 e. The van der Waals surface area contributed by atoms with Crippen LogP contribution in [0.3, 0.4) is 0 Å². The minimum atomic E-state index is -2.91. The van der Waals surface area contributed by atoms with Gasteiger partial charge in [0.2, 0.25) is 0 Å². The van der Waals surface area contributed by atoms with E-state index in [1.165, 1.54) is 7.11 Å². The maximum Gasteiger partial charge on any atom is 0.305 e. The van der Waals surface area contributed by atoms with Crippen molar-refractivity contribution in [2.45, 2.75) is 64.8 Å². The normalized spacial score (nSPS) is 22.6. The highest BCUT2D eigenvalue weighted by Crippen LogP contribution is 2.36. The quantitative estimate of drug-likeness (QED) is 0.540. The molecule has 0 N–H and O–H groups in total. The molecule has 0 amide bonds. The third-order valence-electron chi connectivity index (χ3n) is 6.34. The molecule has 0 aliphatic carbocycles. The molecule has 4 heterocycles. The molecule has 1 unspecified atom stereocenters. The van der Waals surface area contributed by atoms with Crippen LogP contribution in [-0.2, 0) is 25.6 Å². The molecule has 2 saturated heterocycles. The molecular formula is C24H31F2N3O5. The Morgan fingerprint density at radius 2 is 2.09 bits per heavy atom. The first kappa shape index (κ1) is 24.5. The van der Waals surface area contributed by atoms with Crippen LogP contribution in [0.2, 0.25) is 0 Å². The SMILES string of the molecule is COC(=O)C[C@@H]1CN(c2ccc(-c3onc(C)c3COC3CCCCO3)nc2C)CC(F)(F)C1. The lowest BCUT2D eigenvalue weighted by molar-refractivity contribution is -0.168. The van der Waals surface area contributed by atoms with Crippen molar-refractivity contribution in [1.29, 1.82) is 0 Å². The van der Waals surface area contributed by atoms with E-state index < -0.39 is 24.4 Å². The first-order valence-corrected chi connectivity index (χ1v) is 11.6. The van der Waals surface area contributed by atoms with Gasteiger partial charge < -0.3 is 23.6 Å². The van der Waals surface area contributed by atoms with E-state index in [4.69, 9.17) is 14.0 Å². The predicted molar refractivity (Wildman–Crippen MR) is 119 cm³/mol. The first-order valence-electron chi connectivity index (χ1n) is 11.6. The number of carbonyl (C=O) groups excluding carboxylic acids is 1. The van der Waals surface area contributed by atoms with Crippen LogP contribution in [0, 0.1) is 19.8 Å². The molecule has 2 aromatic rings. The summed E-state index contributed by atoms with van der Waals surface area (Å²) in [5.74, 6) is -3.40. The van der Waals surface area contributed by atoms with E-state index in [2.05, 4.69) is 14.9 Å². The van der Waals surface area contributed by atoms with Crippen LogP contribution in [0.4, 0.5) is 14.5 Å². The molecule has 0 aromatic carbocycles. The summed E-state index contributed by atoms with van der Waals surface area (Å²) in [6, 6.07) is 3.51. The van der Waals surface area contributed by atoms with Crippen molar-refractivity contribution in [1.82, 2.24) is 10.1 Å². The number of aryl methyl sites for hydroxylation is 2. The van der Waals surface area contributed by atoms with E-state index in [1.807, 2.05) is 6.92 Å². The average Bonchev–Trinajstić information content (AvgIpc) is 3.17. The maximum atomic E-state index is 14.5. The molecule has 2 fully saturated rings. The molecule has 2 aliphatic heterocycles. The topological polar surface area (TPSA) is 86.9 Å². The van der Waals surface area contributed by atoms with Crippen molar-refractivity contribution >= 4 is 11.7 Å². The third-order valence-corrected chi connectivity index (χ3v) is 6.34. The summed E-state index contributed by atoms with van der Waals surface area (Å²) >= 11 is 0. The van der Waals surface area contributed by atoms with Crippen molar-refractivity contribution in [3.05, 3.63) is 29.1 Å². The molecule has 2 atom stereocenters. The summed E-state index contributed by atoms with van der Waals surface area (Å²) in [7, 11) is 1.26. The number of esters is 1. The van der Waals surface area contributed by atoms with E-state index >= 15 is 0 Å². The lowest BCUT2D eigenvalue weighted by atomic mass is 9.91. The molecule has 8 nitrogen and oxygen atoms in total. The predicted octanol–water partition coefficient (Wildman–Crippen LogP) is 4.42. The van der Waals surface area contributed by atoms with Gasteiger partial charge in [-0.05, 0) is 51.2 Å². The van der Waals surface area contributed by atoms with Crippen LogP contribution in [0.1, 0.15) is 49.1 Å². The molecule has 10 heteroatoms. The summed E-state index contributed by atoms with van der Waals surface area (Å²) in [5, 5.41) is 4.07. The number of rotatable bonds is 7. The number of carbonyl (C=O) groups is 1. The summed E-state index contributed by atoms with van der Waals surface area (Å²) in [6.45, 7) is 4.49. The number of pyridine rings is 1. The number of ether oxygens (including phenoxy) is 3. The van der Waals surface area contributed by atoms with Gasteiger partial charge in [-0.3, -0.25) is 4.79 Å². The van der Waals surface area contributed by atoms with E-state index in [0.717, 1.165) is 24.8 Å². The Labute approximate surface area is 197 Å². The first-order chi connectivity index (χ1) is 16.3. The number of alkyl halides is 2. The summed E-state index contributed by atoms with van der Waals surface area (Å²) < 4.78 is 50.7. The smallest absolute Gasteiger partial charge is 0.305 e. The molecule has 0 radical (unpaired) electrons. The van der Waals surface area contributed by atoms with Crippen molar-refractivity contribution < 1.29 is 32.3 Å². The fraction of sp³-hybridized carbons (Fsp3) is 0.625. The zero-order valence-corrected chi connectivity index (χ0v) is 19.8. The van der Waals surface area contributed by atoms with Gasteiger partial charge in [0.1, 0.15) is 5.69 Å². The van der Waals surface area contributed by atoms with Gasteiger partial charge in [0.15, 0.2) is 12.1 Å². The van der Waals surface area contributed by atoms with E-state index in [-0.39, 0.29) is 25.7 Å². The van der Waals surface area contributed by atoms with Crippen molar-refractivity contribution in [2.24, 2.45) is 5.92 Å². The molecule has 0 spiro atoms. The van der Waals surface area contributed by atoms with Crippen molar-refractivity contribution in [3.8, 4) is 11.5 Å². The third kappa shape index (κ3) is 5.72. The minimum absolute atomic E-state index is 0.0431. The van der Waals surface area contributed by atoms with Gasteiger partial charge in [-0.1, -0.05) is 5.16 Å². The Morgan fingerprint density at radius 3 is 2.79 bits per heavy atom. The van der Waals surface area contributed by atoms with Gasteiger partial charge in [0, 0.05) is 19.6 Å². The molecule has 0 bridgehead atoms. The second kappa shape index (κ2) is 10.4. The summed E-state index contributed by atoms with van der Waals surface area (Å²) in [4.78, 5) is 17.9. The second-order valence-corrected chi connectivity index (χ2v) is 9.07. The Hall–Kier alpha value is -2.59. The zero-order valence-electron chi connectivity index (χ0n) is 19.8. The highest BCUT2D eigenvalue weighted by Gasteiger charge is 2.41. The number of methoxy groups -OCH3 is 1. The highest BCUT2D eigenvalue weighted by atomic mass is 19.3. The molecular weight excluding hydrogens is 448 g/mol. The van der Waals surface area contributed by atoms with Crippen LogP contribution >= 0.6 is 0 Å². The number of aromatic nitrogens is 2. The van der Waals surface area contributed by atoms with Gasteiger partial charge in [-0.25, -0.2) is 13.8 Å². The van der Waals surface area contributed by atoms with E-state index in [1.54, 1.807) is 24.0 Å². The monoisotopic (exact) mass is 479 g/mol. The maximum absolute atomic E-state index is 14.5. The van der Waals surface area contributed by atoms with Crippen LogP contribution < -0.4 is 4.90 Å². The molecule has 0 saturated carbocycles. The number of hydrogen-bond donors (Lipinski definition) is 0. The Bertz CT molecular complexity index is 1010. The number of hydrogen-bond acceptors (Lipinski definition) is 8. The average molecular weight is 480 g/mol. The molecule has 34 heavy (non-hydrogen) atoms. The lowest BCUT2D eigenvalue weighted by Gasteiger charge is -2.39. The molecule has 186 valence electrons. The van der Waals surface area contributed by atoms with Crippen LogP contribution in [0.5, 0.6) is 0 Å². The number of anilines is 1. The van der Waals surface area contributed by atoms with Gasteiger partial charge in [0.05, 0.1) is 49.3 Å². The van der Waals surface area contributed by atoms with Gasteiger partial charge in [-0.2, -0.15) is 0 Å². The molecule has 4 rings (SSSR count). The van der Waals surface area contributed by atoms with E-state index in [0.29, 0.717) is 41.7 Å². The van der Waals surface area contributed by atoms with E-state index in [9.17, 15) is 13.6 Å². The minimum Gasteiger partial charge on any atom is -0.469 e. The molecule has 2 aliphatic rings. The van der Waals surface area contributed by atoms with Crippen LogP contribution in [0.25, 0.3) is 11.5 Å². The number of piperidine rings is 1. The lowest BCUT2D eigenvalue weighted by Crippen LogP contribution is -2.48. The highest BCUT2D eigenvalue weighted by molar-refractivity contribution is 5.69. The summed E-state index contributed by atoms with van der Waals surface area (Å²) in [5.41, 5.74) is 3.23. The zero-order chi connectivity index (χ0) is 24.3. The number of halogens is 2. The second-order valence-electron chi connectivity index (χ2n) is 9.07. The van der Waals surface area contributed by atoms with Gasteiger partial charge in [0.25, 0.3) is 5.92 Å². The van der Waals surface area contributed by atoms with Crippen LogP contribution in [-0.4, -0.2) is 55.1 Å². The van der Waals surface area contributed by atoms with Crippen molar-refractivity contribution in [3.63, 3.8) is 0 Å². The molecule has 2 aromatic heterocycles. The Kier molecular flexibility index (Phi) is 7.47. The number of nitrogens with zero attached hydrogens (tertiary/aromatic N) is 3. The fourth-order valence-electron chi connectivity index (χ4n) is 4.64. The summed E-state index contributed by atoms with van der Waals surface area (Å²) in [6.07, 6.45) is 2.33. The van der Waals surface area contributed by atoms with Gasteiger partial charge >= 0.3 is 5.97 Å². The Balaban J connectivity index is 1.51. The Morgan fingerprint density at radius 1 is 1.26 bits per heavy atom. The fourth-order valence-corrected chi connectivity index (χ4v) is 4.64.